The number of hydrogen-bond donors (Lipinski definition) is 3. The standard InChI is InChI=1S/C9H15N5O/c1-6-10-8(14-13-6)12-9(15)11-7-4-2-3-5-7/h7H,2-5H2,1H3,(H3,10,11,12,13,14,15). The van der Waals surface area contributed by atoms with E-state index in [9.17, 15) is 4.79 Å². The first kappa shape index (κ1) is 9.95. The van der Waals surface area contributed by atoms with Crippen LogP contribution in [0.4, 0.5) is 10.7 Å². The first-order valence-electron chi connectivity index (χ1n) is 5.20. The zero-order chi connectivity index (χ0) is 10.7. The van der Waals surface area contributed by atoms with Gasteiger partial charge < -0.3 is 5.32 Å². The van der Waals surface area contributed by atoms with Gasteiger partial charge in [0.25, 0.3) is 0 Å². The molecule has 1 aromatic rings. The summed E-state index contributed by atoms with van der Waals surface area (Å²) in [5, 5.41) is 12.0. The molecule has 0 bridgehead atoms. The van der Waals surface area contributed by atoms with Crippen molar-refractivity contribution in [2.75, 3.05) is 5.32 Å². The summed E-state index contributed by atoms with van der Waals surface area (Å²) < 4.78 is 0. The Balaban J connectivity index is 1.81. The molecular weight excluding hydrogens is 194 g/mol. The lowest BCUT2D eigenvalue weighted by Crippen LogP contribution is -2.36. The molecule has 1 heterocycles. The number of aryl methyl sites for hydroxylation is 1. The fourth-order valence-corrected chi connectivity index (χ4v) is 1.79. The molecule has 15 heavy (non-hydrogen) atoms. The van der Waals surface area contributed by atoms with E-state index in [4.69, 9.17) is 0 Å². The first-order chi connectivity index (χ1) is 7.24. The van der Waals surface area contributed by atoms with Gasteiger partial charge in [0.1, 0.15) is 5.82 Å². The SMILES string of the molecule is Cc1nc(NC(=O)NC2CCCC2)n[nH]1. The summed E-state index contributed by atoms with van der Waals surface area (Å²) in [5.41, 5.74) is 0. The van der Waals surface area contributed by atoms with Gasteiger partial charge in [-0.1, -0.05) is 12.8 Å². The van der Waals surface area contributed by atoms with Crippen LogP contribution in [0.1, 0.15) is 31.5 Å². The van der Waals surface area contributed by atoms with Gasteiger partial charge in [-0.25, -0.2) is 4.79 Å². The molecule has 0 unspecified atom stereocenters. The molecule has 1 aromatic heterocycles. The first-order valence-corrected chi connectivity index (χ1v) is 5.20. The molecule has 0 aromatic carbocycles. The highest BCUT2D eigenvalue weighted by Gasteiger charge is 2.17. The zero-order valence-corrected chi connectivity index (χ0v) is 8.71. The fraction of sp³-hybridized carbons (Fsp3) is 0.667. The van der Waals surface area contributed by atoms with Gasteiger partial charge >= 0.3 is 6.03 Å². The Bertz CT molecular complexity index is 342. The molecule has 0 aliphatic heterocycles. The number of nitrogens with zero attached hydrogens (tertiary/aromatic N) is 2. The quantitative estimate of drug-likeness (QED) is 0.683. The Kier molecular flexibility index (Phi) is 2.84. The maximum atomic E-state index is 11.5. The molecule has 6 nitrogen and oxygen atoms in total. The Morgan fingerprint density at radius 1 is 1.47 bits per heavy atom. The van der Waals surface area contributed by atoms with E-state index >= 15 is 0 Å². The van der Waals surface area contributed by atoms with Crippen molar-refractivity contribution in [2.24, 2.45) is 0 Å². The summed E-state index contributed by atoms with van der Waals surface area (Å²) in [6.45, 7) is 1.78. The second-order valence-corrected chi connectivity index (χ2v) is 3.82. The van der Waals surface area contributed by atoms with Crippen molar-refractivity contribution in [3.63, 3.8) is 0 Å². The summed E-state index contributed by atoms with van der Waals surface area (Å²) in [7, 11) is 0. The van der Waals surface area contributed by atoms with Crippen molar-refractivity contribution >= 4 is 12.0 Å². The number of carbonyl (C=O) groups excluding carboxylic acids is 1. The average molecular weight is 209 g/mol. The minimum absolute atomic E-state index is 0.221. The van der Waals surface area contributed by atoms with Crippen LogP contribution >= 0.6 is 0 Å². The fourth-order valence-electron chi connectivity index (χ4n) is 1.79. The largest absolute Gasteiger partial charge is 0.335 e. The van der Waals surface area contributed by atoms with E-state index in [-0.39, 0.29) is 6.03 Å². The predicted octanol–water partition coefficient (Wildman–Crippen LogP) is 1.18. The van der Waals surface area contributed by atoms with Crippen LogP contribution in [0.3, 0.4) is 0 Å². The van der Waals surface area contributed by atoms with E-state index in [1.807, 2.05) is 0 Å². The molecule has 1 aliphatic carbocycles. The summed E-state index contributed by atoms with van der Waals surface area (Å²) in [5.74, 6) is 1.01. The normalized spacial score (nSPS) is 16.6. The molecule has 0 atom stereocenters. The number of carbonyl (C=O) groups is 1. The maximum Gasteiger partial charge on any atom is 0.321 e. The van der Waals surface area contributed by atoms with Crippen LogP contribution in [0, 0.1) is 6.92 Å². The lowest BCUT2D eigenvalue weighted by molar-refractivity contribution is 0.248. The van der Waals surface area contributed by atoms with Crippen molar-refractivity contribution in [1.82, 2.24) is 20.5 Å². The Labute approximate surface area is 87.9 Å². The number of rotatable bonds is 2. The van der Waals surface area contributed by atoms with Crippen LogP contribution in [0.5, 0.6) is 0 Å². The molecule has 6 heteroatoms. The second-order valence-electron chi connectivity index (χ2n) is 3.82. The van der Waals surface area contributed by atoms with Gasteiger partial charge in [0.05, 0.1) is 0 Å². The van der Waals surface area contributed by atoms with E-state index in [1.54, 1.807) is 6.92 Å². The lowest BCUT2D eigenvalue weighted by atomic mass is 10.3. The molecule has 1 aliphatic rings. The highest BCUT2D eigenvalue weighted by atomic mass is 16.2. The Morgan fingerprint density at radius 2 is 2.20 bits per heavy atom. The van der Waals surface area contributed by atoms with E-state index in [0.717, 1.165) is 12.8 Å². The highest BCUT2D eigenvalue weighted by molar-refractivity contribution is 5.87. The summed E-state index contributed by atoms with van der Waals surface area (Å²) in [6.07, 6.45) is 4.54. The van der Waals surface area contributed by atoms with Crippen molar-refractivity contribution in [2.45, 2.75) is 38.6 Å². The maximum absolute atomic E-state index is 11.5. The minimum atomic E-state index is -0.221. The number of hydrogen-bond acceptors (Lipinski definition) is 3. The third-order valence-corrected chi connectivity index (χ3v) is 2.51. The van der Waals surface area contributed by atoms with E-state index in [1.165, 1.54) is 12.8 Å². The van der Waals surface area contributed by atoms with Crippen molar-refractivity contribution in [3.05, 3.63) is 5.82 Å². The molecular formula is C9H15N5O. The zero-order valence-electron chi connectivity index (χ0n) is 8.71. The summed E-state index contributed by atoms with van der Waals surface area (Å²) in [6, 6.07) is 0.0888. The Morgan fingerprint density at radius 3 is 2.80 bits per heavy atom. The van der Waals surface area contributed by atoms with Gasteiger partial charge in [0, 0.05) is 6.04 Å². The van der Waals surface area contributed by atoms with Crippen molar-refractivity contribution < 1.29 is 4.79 Å². The van der Waals surface area contributed by atoms with Crippen LogP contribution < -0.4 is 10.6 Å². The molecule has 2 rings (SSSR count). The van der Waals surface area contributed by atoms with Gasteiger partial charge in [0.2, 0.25) is 5.95 Å². The monoisotopic (exact) mass is 209 g/mol. The molecule has 1 saturated carbocycles. The summed E-state index contributed by atoms with van der Waals surface area (Å²) >= 11 is 0. The van der Waals surface area contributed by atoms with Gasteiger partial charge in [-0.2, -0.15) is 4.98 Å². The molecule has 1 fully saturated rings. The minimum Gasteiger partial charge on any atom is -0.335 e. The molecule has 0 spiro atoms. The molecule has 2 amide bonds. The number of amides is 2. The smallest absolute Gasteiger partial charge is 0.321 e. The van der Waals surface area contributed by atoms with Crippen molar-refractivity contribution in [3.8, 4) is 0 Å². The highest BCUT2D eigenvalue weighted by Crippen LogP contribution is 2.17. The number of aromatic amines is 1. The van der Waals surface area contributed by atoms with Crippen LogP contribution in [-0.4, -0.2) is 27.3 Å². The van der Waals surface area contributed by atoms with Gasteiger partial charge in [-0.3, -0.25) is 10.4 Å². The van der Waals surface area contributed by atoms with Crippen LogP contribution in [-0.2, 0) is 0 Å². The lowest BCUT2D eigenvalue weighted by Gasteiger charge is -2.10. The number of nitrogens with one attached hydrogen (secondary N) is 3. The van der Waals surface area contributed by atoms with E-state index in [0.29, 0.717) is 17.8 Å². The van der Waals surface area contributed by atoms with Crippen LogP contribution in [0.25, 0.3) is 0 Å². The number of aromatic nitrogens is 3. The topological polar surface area (TPSA) is 82.7 Å². The molecule has 0 radical (unpaired) electrons. The molecule has 82 valence electrons. The predicted molar refractivity (Wildman–Crippen MR) is 55.5 cm³/mol. The van der Waals surface area contributed by atoms with E-state index in [2.05, 4.69) is 25.8 Å². The molecule has 0 saturated heterocycles. The number of anilines is 1. The van der Waals surface area contributed by atoms with Gasteiger partial charge in [-0.05, 0) is 19.8 Å². The average Bonchev–Trinajstić information content (AvgIpc) is 2.77. The van der Waals surface area contributed by atoms with Crippen LogP contribution in [0.2, 0.25) is 0 Å². The van der Waals surface area contributed by atoms with Gasteiger partial charge in [0.15, 0.2) is 0 Å². The van der Waals surface area contributed by atoms with Gasteiger partial charge in [-0.15, -0.1) is 5.10 Å². The third kappa shape index (κ3) is 2.68. The third-order valence-electron chi connectivity index (χ3n) is 2.51. The second kappa shape index (κ2) is 4.29. The van der Waals surface area contributed by atoms with Crippen molar-refractivity contribution in [1.29, 1.82) is 0 Å². The Hall–Kier alpha value is -1.59. The summed E-state index contributed by atoms with van der Waals surface area (Å²) in [4.78, 5) is 15.4. The molecule has 3 N–H and O–H groups in total. The number of H-pyrrole nitrogens is 1. The van der Waals surface area contributed by atoms with Crippen LogP contribution in [0.15, 0.2) is 0 Å². The number of urea groups is 1. The van der Waals surface area contributed by atoms with E-state index < -0.39 is 0 Å².